The molecule has 7 heteroatoms. The smallest absolute Gasteiger partial charge is 0.327 e. The van der Waals surface area contributed by atoms with E-state index in [0.717, 1.165) is 31.4 Å². The summed E-state index contributed by atoms with van der Waals surface area (Å²) in [4.78, 5) is 12.2. The van der Waals surface area contributed by atoms with Gasteiger partial charge in [-0.2, -0.15) is 13.2 Å². The van der Waals surface area contributed by atoms with Crippen molar-refractivity contribution in [3.8, 4) is 0 Å². The van der Waals surface area contributed by atoms with Crippen molar-refractivity contribution in [1.82, 2.24) is 0 Å². The average molecular weight is 365 g/mol. The minimum Gasteiger partial charge on any atom is -0.327 e. The number of hydrogen-bond acceptors (Lipinski definition) is 2. The number of anilines is 1. The van der Waals surface area contributed by atoms with Gasteiger partial charge in [-0.15, -0.1) is 0 Å². The van der Waals surface area contributed by atoms with Crippen LogP contribution in [0.25, 0.3) is 0 Å². The molecule has 1 fully saturated rings. The first-order chi connectivity index (χ1) is 9.77. The molecule has 0 aromatic heterocycles. The third-order valence-electron chi connectivity index (χ3n) is 3.65. The van der Waals surface area contributed by atoms with Crippen molar-refractivity contribution in [3.63, 3.8) is 0 Å². The monoisotopic (exact) mass is 364 g/mol. The number of alkyl halides is 3. The predicted octanol–water partition coefficient (Wildman–Crippen LogP) is 3.92. The maximum Gasteiger partial charge on any atom is 0.416 e. The molecule has 3 N–H and O–H groups in total. The van der Waals surface area contributed by atoms with Crippen LogP contribution in [0, 0.1) is 5.92 Å². The van der Waals surface area contributed by atoms with Crippen LogP contribution in [0.1, 0.15) is 31.2 Å². The quantitative estimate of drug-likeness (QED) is 0.835. The van der Waals surface area contributed by atoms with E-state index in [1.54, 1.807) is 0 Å². The molecule has 21 heavy (non-hydrogen) atoms. The Labute approximate surface area is 129 Å². The average Bonchev–Trinajstić information content (AvgIpc) is 2.37. The van der Waals surface area contributed by atoms with Gasteiger partial charge in [-0.1, -0.05) is 28.8 Å². The van der Waals surface area contributed by atoms with E-state index >= 15 is 0 Å². The Bertz CT molecular complexity index is 533. The van der Waals surface area contributed by atoms with E-state index in [4.69, 9.17) is 5.73 Å². The van der Waals surface area contributed by atoms with Crippen LogP contribution in [0.15, 0.2) is 22.7 Å². The van der Waals surface area contributed by atoms with Gasteiger partial charge in [0.1, 0.15) is 0 Å². The number of hydrogen-bond donors (Lipinski definition) is 2. The number of carbonyl (C=O) groups is 1. The molecule has 0 aliphatic heterocycles. The molecular formula is C14H16BrF3N2O. The Morgan fingerprint density at radius 3 is 2.52 bits per heavy atom. The van der Waals surface area contributed by atoms with Crippen molar-refractivity contribution in [1.29, 1.82) is 0 Å². The predicted molar refractivity (Wildman–Crippen MR) is 77.7 cm³/mol. The summed E-state index contributed by atoms with van der Waals surface area (Å²) in [5.74, 6) is -0.652. The van der Waals surface area contributed by atoms with Crippen LogP contribution in [0.3, 0.4) is 0 Å². The highest BCUT2D eigenvalue weighted by molar-refractivity contribution is 9.10. The van der Waals surface area contributed by atoms with Gasteiger partial charge in [0.15, 0.2) is 0 Å². The van der Waals surface area contributed by atoms with Crippen molar-refractivity contribution < 1.29 is 18.0 Å². The SMILES string of the molecule is NC1CCCCC1C(=O)Nc1cc(Br)cc(C(F)(F)F)c1. The van der Waals surface area contributed by atoms with Gasteiger partial charge in [-0.25, -0.2) is 0 Å². The van der Waals surface area contributed by atoms with Crippen LogP contribution < -0.4 is 11.1 Å². The molecule has 2 rings (SSSR count). The Hall–Kier alpha value is -1.08. The maximum atomic E-state index is 12.7. The topological polar surface area (TPSA) is 55.1 Å². The van der Waals surface area contributed by atoms with Crippen LogP contribution in [0.4, 0.5) is 18.9 Å². The van der Waals surface area contributed by atoms with Gasteiger partial charge in [0, 0.05) is 16.2 Å². The van der Waals surface area contributed by atoms with Crippen molar-refractivity contribution in [2.24, 2.45) is 11.7 Å². The zero-order valence-electron chi connectivity index (χ0n) is 11.2. The van der Waals surface area contributed by atoms with Crippen molar-refractivity contribution in [3.05, 3.63) is 28.2 Å². The number of rotatable bonds is 2. The summed E-state index contributed by atoms with van der Waals surface area (Å²) in [6.45, 7) is 0. The number of carbonyl (C=O) groups excluding carboxylic acids is 1. The zero-order chi connectivity index (χ0) is 15.6. The Balaban J connectivity index is 2.15. The molecule has 0 heterocycles. The van der Waals surface area contributed by atoms with Gasteiger partial charge in [-0.05, 0) is 31.0 Å². The number of nitrogens with two attached hydrogens (primary N) is 1. The second-order valence-corrected chi connectivity index (χ2v) is 6.19. The molecular weight excluding hydrogens is 349 g/mol. The first kappa shape index (κ1) is 16.3. The van der Waals surface area contributed by atoms with Gasteiger partial charge in [-0.3, -0.25) is 4.79 Å². The van der Waals surface area contributed by atoms with E-state index in [2.05, 4.69) is 21.2 Å². The fourth-order valence-corrected chi connectivity index (χ4v) is 3.04. The molecule has 0 bridgehead atoms. The van der Waals surface area contributed by atoms with Crippen LogP contribution in [0.5, 0.6) is 0 Å². The second kappa shape index (κ2) is 6.36. The molecule has 0 spiro atoms. The molecule has 116 valence electrons. The first-order valence-electron chi connectivity index (χ1n) is 6.71. The molecule has 1 aliphatic carbocycles. The van der Waals surface area contributed by atoms with Gasteiger partial charge in [0.25, 0.3) is 0 Å². The van der Waals surface area contributed by atoms with Crippen LogP contribution in [-0.2, 0) is 11.0 Å². The fraction of sp³-hybridized carbons (Fsp3) is 0.500. The van der Waals surface area contributed by atoms with E-state index in [1.807, 2.05) is 0 Å². The third-order valence-corrected chi connectivity index (χ3v) is 4.11. The molecule has 1 aromatic carbocycles. The van der Waals surface area contributed by atoms with Crippen molar-refractivity contribution in [2.75, 3.05) is 5.32 Å². The van der Waals surface area contributed by atoms with E-state index in [-0.39, 0.29) is 28.0 Å². The number of amides is 1. The van der Waals surface area contributed by atoms with E-state index in [1.165, 1.54) is 6.07 Å². The fourth-order valence-electron chi connectivity index (χ4n) is 2.55. The second-order valence-electron chi connectivity index (χ2n) is 5.27. The van der Waals surface area contributed by atoms with Gasteiger partial charge in [0.05, 0.1) is 11.5 Å². The summed E-state index contributed by atoms with van der Waals surface area (Å²) in [6, 6.07) is 3.12. The summed E-state index contributed by atoms with van der Waals surface area (Å²) in [5, 5.41) is 2.55. The summed E-state index contributed by atoms with van der Waals surface area (Å²) in [7, 11) is 0. The van der Waals surface area contributed by atoms with E-state index in [9.17, 15) is 18.0 Å². The maximum absolute atomic E-state index is 12.7. The number of halogens is 4. The summed E-state index contributed by atoms with van der Waals surface area (Å²) in [5.41, 5.74) is 5.23. The van der Waals surface area contributed by atoms with Crippen LogP contribution >= 0.6 is 15.9 Å². The molecule has 2 atom stereocenters. The van der Waals surface area contributed by atoms with Gasteiger partial charge in [0.2, 0.25) is 5.91 Å². The lowest BCUT2D eigenvalue weighted by molar-refractivity contribution is -0.137. The van der Waals surface area contributed by atoms with E-state index < -0.39 is 11.7 Å². The van der Waals surface area contributed by atoms with Gasteiger partial charge >= 0.3 is 6.18 Å². The van der Waals surface area contributed by atoms with Crippen LogP contribution in [0.2, 0.25) is 0 Å². The standard InChI is InChI=1S/C14H16BrF3N2O/c15-9-5-8(14(16,17)18)6-10(7-9)20-13(21)11-3-1-2-4-12(11)19/h5-7,11-12H,1-4,19H2,(H,20,21). The van der Waals surface area contributed by atoms with Crippen LogP contribution in [-0.4, -0.2) is 11.9 Å². The first-order valence-corrected chi connectivity index (χ1v) is 7.51. The van der Waals surface area contributed by atoms with Crippen molar-refractivity contribution in [2.45, 2.75) is 37.9 Å². The summed E-state index contributed by atoms with van der Waals surface area (Å²) < 4.78 is 38.5. The Kier molecular flexibility index (Phi) is 4.93. The number of nitrogens with one attached hydrogen (secondary N) is 1. The molecule has 1 aliphatic rings. The third kappa shape index (κ3) is 4.20. The Morgan fingerprint density at radius 2 is 1.90 bits per heavy atom. The van der Waals surface area contributed by atoms with Gasteiger partial charge < -0.3 is 11.1 Å². The lowest BCUT2D eigenvalue weighted by atomic mass is 9.84. The lowest BCUT2D eigenvalue weighted by Crippen LogP contribution is -2.40. The molecule has 0 saturated heterocycles. The Morgan fingerprint density at radius 1 is 1.24 bits per heavy atom. The largest absolute Gasteiger partial charge is 0.416 e. The highest BCUT2D eigenvalue weighted by atomic mass is 79.9. The highest BCUT2D eigenvalue weighted by Crippen LogP contribution is 2.34. The normalized spacial score (nSPS) is 22.9. The zero-order valence-corrected chi connectivity index (χ0v) is 12.8. The summed E-state index contributed by atoms with van der Waals surface area (Å²) >= 11 is 3.03. The summed E-state index contributed by atoms with van der Waals surface area (Å²) in [6.07, 6.45) is -1.11. The molecule has 1 amide bonds. The highest BCUT2D eigenvalue weighted by Gasteiger charge is 2.32. The molecule has 1 saturated carbocycles. The number of benzene rings is 1. The van der Waals surface area contributed by atoms with E-state index in [0.29, 0.717) is 6.42 Å². The van der Waals surface area contributed by atoms with Crippen molar-refractivity contribution >= 4 is 27.5 Å². The molecule has 2 unspecified atom stereocenters. The lowest BCUT2D eigenvalue weighted by Gasteiger charge is -2.27. The minimum absolute atomic E-state index is 0.125. The molecule has 0 radical (unpaired) electrons. The molecule has 3 nitrogen and oxygen atoms in total. The molecule has 1 aromatic rings. The minimum atomic E-state index is -4.45.